The Morgan fingerprint density at radius 3 is 2.42 bits per heavy atom. The molecule has 0 unspecified atom stereocenters. The minimum Gasteiger partial charge on any atom is -0.350 e. The highest BCUT2D eigenvalue weighted by Crippen LogP contribution is 2.29. The molecule has 0 atom stereocenters. The number of sulfonamides is 1. The van der Waals surface area contributed by atoms with Crippen LogP contribution in [0.2, 0.25) is 0 Å². The standard InChI is InChI=1S/C28H31N3O4S/c1-20-12-14-25(15-13-20)36(34,35)31(26-10-4-7-21(2)22(26)3)19-27(32)29-18-23-8-5-9-24(17-23)30-16-6-11-28(30)33/h4-5,7-10,12-15,17H,6,11,16,18-19H2,1-3H3,(H,29,32). The molecule has 3 aromatic carbocycles. The second kappa shape index (κ2) is 10.5. The molecular formula is C28H31N3O4S. The lowest BCUT2D eigenvalue weighted by molar-refractivity contribution is -0.120. The van der Waals surface area contributed by atoms with Gasteiger partial charge in [0.15, 0.2) is 0 Å². The zero-order chi connectivity index (χ0) is 25.9. The maximum Gasteiger partial charge on any atom is 0.264 e. The largest absolute Gasteiger partial charge is 0.350 e. The number of hydrogen-bond acceptors (Lipinski definition) is 4. The van der Waals surface area contributed by atoms with Crippen LogP contribution in [0.1, 0.15) is 35.1 Å². The fourth-order valence-corrected chi connectivity index (χ4v) is 5.76. The number of benzene rings is 3. The summed E-state index contributed by atoms with van der Waals surface area (Å²) in [6.07, 6.45) is 1.38. The molecule has 3 aromatic rings. The third kappa shape index (κ3) is 5.44. The summed E-state index contributed by atoms with van der Waals surface area (Å²) in [6.45, 7) is 6.21. The molecule has 0 spiro atoms. The first-order chi connectivity index (χ1) is 17.2. The summed E-state index contributed by atoms with van der Waals surface area (Å²) in [5.41, 5.74) is 4.79. The molecule has 2 amide bonds. The molecule has 0 bridgehead atoms. The first-order valence-corrected chi connectivity index (χ1v) is 13.4. The Morgan fingerprint density at radius 2 is 1.72 bits per heavy atom. The molecule has 1 saturated heterocycles. The number of amides is 2. The van der Waals surface area contributed by atoms with E-state index >= 15 is 0 Å². The van der Waals surface area contributed by atoms with E-state index in [0.717, 1.165) is 34.4 Å². The van der Waals surface area contributed by atoms with Gasteiger partial charge < -0.3 is 10.2 Å². The van der Waals surface area contributed by atoms with E-state index in [0.29, 0.717) is 18.7 Å². The van der Waals surface area contributed by atoms with Crippen molar-refractivity contribution in [2.75, 3.05) is 22.3 Å². The summed E-state index contributed by atoms with van der Waals surface area (Å²) in [6, 6.07) is 19.5. The van der Waals surface area contributed by atoms with Crippen molar-refractivity contribution in [2.45, 2.75) is 45.1 Å². The van der Waals surface area contributed by atoms with Crippen molar-refractivity contribution in [3.8, 4) is 0 Å². The lowest BCUT2D eigenvalue weighted by Crippen LogP contribution is -2.41. The SMILES string of the molecule is Cc1ccc(S(=O)(=O)N(CC(=O)NCc2cccc(N3CCCC3=O)c2)c2cccc(C)c2C)cc1. The Kier molecular flexibility index (Phi) is 7.45. The monoisotopic (exact) mass is 505 g/mol. The molecule has 1 N–H and O–H groups in total. The summed E-state index contributed by atoms with van der Waals surface area (Å²) >= 11 is 0. The van der Waals surface area contributed by atoms with Gasteiger partial charge in [-0.15, -0.1) is 0 Å². The lowest BCUT2D eigenvalue weighted by Gasteiger charge is -2.26. The van der Waals surface area contributed by atoms with Crippen LogP contribution in [0.25, 0.3) is 0 Å². The van der Waals surface area contributed by atoms with E-state index in [9.17, 15) is 18.0 Å². The molecule has 1 heterocycles. The van der Waals surface area contributed by atoms with Gasteiger partial charge in [-0.05, 0) is 74.2 Å². The summed E-state index contributed by atoms with van der Waals surface area (Å²) in [5.74, 6) is -0.323. The Morgan fingerprint density at radius 1 is 1.00 bits per heavy atom. The first-order valence-electron chi connectivity index (χ1n) is 12.0. The van der Waals surface area contributed by atoms with Crippen LogP contribution in [-0.4, -0.2) is 33.3 Å². The third-order valence-electron chi connectivity index (χ3n) is 6.53. The highest BCUT2D eigenvalue weighted by molar-refractivity contribution is 7.92. The van der Waals surface area contributed by atoms with Gasteiger partial charge >= 0.3 is 0 Å². The number of aryl methyl sites for hydroxylation is 2. The van der Waals surface area contributed by atoms with Crippen LogP contribution in [0, 0.1) is 20.8 Å². The Hall–Kier alpha value is -3.65. The molecule has 0 aliphatic carbocycles. The molecule has 36 heavy (non-hydrogen) atoms. The summed E-state index contributed by atoms with van der Waals surface area (Å²) < 4.78 is 28.5. The second-order valence-electron chi connectivity index (χ2n) is 9.14. The van der Waals surface area contributed by atoms with Crippen LogP contribution in [0.3, 0.4) is 0 Å². The highest BCUT2D eigenvalue weighted by atomic mass is 32.2. The van der Waals surface area contributed by atoms with E-state index < -0.39 is 15.9 Å². The van der Waals surface area contributed by atoms with Crippen molar-refractivity contribution < 1.29 is 18.0 Å². The van der Waals surface area contributed by atoms with Crippen LogP contribution < -0.4 is 14.5 Å². The zero-order valence-electron chi connectivity index (χ0n) is 20.8. The average molecular weight is 506 g/mol. The van der Waals surface area contributed by atoms with Gasteiger partial charge in [0.25, 0.3) is 10.0 Å². The van der Waals surface area contributed by atoms with E-state index in [-0.39, 0.29) is 23.9 Å². The molecule has 0 radical (unpaired) electrons. The molecule has 7 nitrogen and oxygen atoms in total. The number of carbonyl (C=O) groups excluding carboxylic acids is 2. The van der Waals surface area contributed by atoms with Crippen LogP contribution in [0.5, 0.6) is 0 Å². The summed E-state index contributed by atoms with van der Waals surface area (Å²) in [5, 5.41) is 2.85. The smallest absolute Gasteiger partial charge is 0.264 e. The second-order valence-corrected chi connectivity index (χ2v) is 11.0. The van der Waals surface area contributed by atoms with Gasteiger partial charge in [0.2, 0.25) is 11.8 Å². The van der Waals surface area contributed by atoms with Crippen LogP contribution in [0.15, 0.2) is 71.6 Å². The maximum atomic E-state index is 13.6. The zero-order valence-corrected chi connectivity index (χ0v) is 21.6. The third-order valence-corrected chi connectivity index (χ3v) is 8.30. The predicted molar refractivity (Wildman–Crippen MR) is 142 cm³/mol. The van der Waals surface area contributed by atoms with Crippen molar-refractivity contribution in [1.29, 1.82) is 0 Å². The van der Waals surface area contributed by atoms with Crippen molar-refractivity contribution in [3.05, 3.63) is 89.0 Å². The molecule has 1 fully saturated rings. The molecule has 0 aromatic heterocycles. The van der Waals surface area contributed by atoms with E-state index in [1.807, 2.05) is 51.1 Å². The normalized spacial score (nSPS) is 13.6. The van der Waals surface area contributed by atoms with E-state index in [2.05, 4.69) is 5.32 Å². The van der Waals surface area contributed by atoms with Gasteiger partial charge in [0.1, 0.15) is 6.54 Å². The van der Waals surface area contributed by atoms with Crippen LogP contribution in [0.4, 0.5) is 11.4 Å². The van der Waals surface area contributed by atoms with Gasteiger partial charge in [0.05, 0.1) is 10.6 Å². The van der Waals surface area contributed by atoms with E-state index in [1.54, 1.807) is 41.3 Å². The molecule has 1 aliphatic heterocycles. The van der Waals surface area contributed by atoms with E-state index in [4.69, 9.17) is 0 Å². The average Bonchev–Trinajstić information content (AvgIpc) is 3.29. The maximum absolute atomic E-state index is 13.6. The fraction of sp³-hybridized carbons (Fsp3) is 0.286. The Labute approximate surface area is 212 Å². The first kappa shape index (κ1) is 25.4. The van der Waals surface area contributed by atoms with Crippen molar-refractivity contribution in [3.63, 3.8) is 0 Å². The Balaban J connectivity index is 1.55. The minimum atomic E-state index is -3.98. The topological polar surface area (TPSA) is 86.8 Å². The van der Waals surface area contributed by atoms with Gasteiger partial charge in [0, 0.05) is 25.2 Å². The van der Waals surface area contributed by atoms with Gasteiger partial charge in [-0.25, -0.2) is 8.42 Å². The van der Waals surface area contributed by atoms with Crippen LogP contribution >= 0.6 is 0 Å². The van der Waals surface area contributed by atoms with Crippen molar-refractivity contribution >= 4 is 33.2 Å². The molecule has 1 aliphatic rings. The van der Waals surface area contributed by atoms with Crippen molar-refractivity contribution in [2.24, 2.45) is 0 Å². The number of rotatable bonds is 8. The lowest BCUT2D eigenvalue weighted by atomic mass is 10.1. The molecule has 4 rings (SSSR count). The molecule has 8 heteroatoms. The predicted octanol–water partition coefficient (Wildman–Crippen LogP) is 4.25. The fourth-order valence-electron chi connectivity index (χ4n) is 4.29. The van der Waals surface area contributed by atoms with Crippen molar-refractivity contribution in [1.82, 2.24) is 5.32 Å². The molecular weight excluding hydrogens is 474 g/mol. The number of anilines is 2. The van der Waals surface area contributed by atoms with Gasteiger partial charge in [-0.2, -0.15) is 0 Å². The molecule has 0 saturated carbocycles. The summed E-state index contributed by atoms with van der Waals surface area (Å²) in [7, 11) is -3.98. The number of nitrogens with zero attached hydrogens (tertiary/aromatic N) is 2. The van der Waals surface area contributed by atoms with Gasteiger partial charge in [-0.3, -0.25) is 13.9 Å². The number of nitrogens with one attached hydrogen (secondary N) is 1. The Bertz CT molecular complexity index is 1380. The van der Waals surface area contributed by atoms with E-state index in [1.165, 1.54) is 4.31 Å². The van der Waals surface area contributed by atoms with Crippen LogP contribution in [-0.2, 0) is 26.2 Å². The molecule has 188 valence electrons. The number of hydrogen-bond donors (Lipinski definition) is 1. The van der Waals surface area contributed by atoms with Gasteiger partial charge in [-0.1, -0.05) is 42.0 Å². The highest BCUT2D eigenvalue weighted by Gasteiger charge is 2.28. The quantitative estimate of drug-likeness (QED) is 0.496. The minimum absolute atomic E-state index is 0.0988. The summed E-state index contributed by atoms with van der Waals surface area (Å²) in [4.78, 5) is 27.0. The number of carbonyl (C=O) groups is 2.